The normalized spacial score (nSPS) is 23.2. The third kappa shape index (κ3) is 3.19. The van der Waals surface area contributed by atoms with Crippen molar-refractivity contribution < 1.29 is 24.6 Å². The Kier molecular flexibility index (Phi) is 4.10. The summed E-state index contributed by atoms with van der Waals surface area (Å²) in [5, 5.41) is 18.8. The van der Waals surface area contributed by atoms with Gasteiger partial charge in [0.25, 0.3) is 0 Å². The van der Waals surface area contributed by atoms with Gasteiger partial charge in [-0.15, -0.1) is 0 Å². The number of allylic oxidation sites excluding steroid dienone is 1. The fourth-order valence-electron chi connectivity index (χ4n) is 2.16. The van der Waals surface area contributed by atoms with E-state index in [9.17, 15) is 19.5 Å². The van der Waals surface area contributed by atoms with E-state index in [-0.39, 0.29) is 24.4 Å². The lowest BCUT2D eigenvalue weighted by Crippen LogP contribution is -2.41. The highest BCUT2D eigenvalue weighted by molar-refractivity contribution is 6.16. The van der Waals surface area contributed by atoms with E-state index in [0.29, 0.717) is 5.56 Å². The van der Waals surface area contributed by atoms with Gasteiger partial charge in [0.05, 0.1) is 12.5 Å². The second-order valence-corrected chi connectivity index (χ2v) is 4.76. The zero-order chi connectivity index (χ0) is 14.7. The molecule has 0 heterocycles. The lowest BCUT2D eigenvalue weighted by atomic mass is 9.81. The lowest BCUT2D eigenvalue weighted by molar-refractivity contribution is -0.142. The summed E-state index contributed by atoms with van der Waals surface area (Å²) in [6, 6.07) is 6.18. The van der Waals surface area contributed by atoms with Gasteiger partial charge in [0, 0.05) is 6.42 Å². The standard InChI is InChI=1S/C15H14O5/c16-10-4-1-9(2-5-10)3-6-12(18)15-13(19)7-11(17)8-14(15)20/h1-6,13,15-16,19H,7-8H2. The monoisotopic (exact) mass is 274 g/mol. The number of rotatable bonds is 3. The molecule has 5 heteroatoms. The topological polar surface area (TPSA) is 91.7 Å². The van der Waals surface area contributed by atoms with Gasteiger partial charge >= 0.3 is 0 Å². The van der Waals surface area contributed by atoms with Gasteiger partial charge in [-0.1, -0.05) is 18.2 Å². The van der Waals surface area contributed by atoms with Crippen molar-refractivity contribution in [1.29, 1.82) is 0 Å². The highest BCUT2D eigenvalue weighted by atomic mass is 16.3. The van der Waals surface area contributed by atoms with Gasteiger partial charge in [-0.25, -0.2) is 0 Å². The number of ketones is 3. The molecular formula is C15H14O5. The fourth-order valence-corrected chi connectivity index (χ4v) is 2.16. The van der Waals surface area contributed by atoms with Gasteiger partial charge in [-0.05, 0) is 23.8 Å². The SMILES string of the molecule is O=C1CC(=O)C(C(=O)C=Cc2ccc(O)cc2)C(O)C1. The van der Waals surface area contributed by atoms with Crippen LogP contribution in [0.2, 0.25) is 0 Å². The van der Waals surface area contributed by atoms with Gasteiger partial charge in [-0.3, -0.25) is 14.4 Å². The maximum absolute atomic E-state index is 11.9. The number of aliphatic hydroxyl groups is 1. The summed E-state index contributed by atoms with van der Waals surface area (Å²) in [7, 11) is 0. The zero-order valence-corrected chi connectivity index (χ0v) is 10.7. The van der Waals surface area contributed by atoms with Crippen molar-refractivity contribution in [1.82, 2.24) is 0 Å². The first-order valence-corrected chi connectivity index (χ1v) is 6.21. The van der Waals surface area contributed by atoms with E-state index < -0.39 is 23.6 Å². The Morgan fingerprint density at radius 3 is 2.45 bits per heavy atom. The van der Waals surface area contributed by atoms with Crippen LogP contribution in [-0.2, 0) is 14.4 Å². The van der Waals surface area contributed by atoms with Crippen LogP contribution in [0, 0.1) is 5.92 Å². The molecule has 1 aliphatic carbocycles. The number of hydrogen-bond acceptors (Lipinski definition) is 5. The van der Waals surface area contributed by atoms with Gasteiger partial charge in [0.2, 0.25) is 0 Å². The van der Waals surface area contributed by atoms with Crippen molar-refractivity contribution >= 4 is 23.4 Å². The van der Waals surface area contributed by atoms with Crippen molar-refractivity contribution in [2.24, 2.45) is 5.92 Å². The highest BCUT2D eigenvalue weighted by Crippen LogP contribution is 2.21. The Balaban J connectivity index is 2.09. The van der Waals surface area contributed by atoms with Gasteiger partial charge < -0.3 is 10.2 Å². The first kappa shape index (κ1) is 14.1. The smallest absolute Gasteiger partial charge is 0.168 e. The summed E-state index contributed by atoms with van der Waals surface area (Å²) in [5.41, 5.74) is 0.685. The number of carbonyl (C=O) groups excluding carboxylic acids is 3. The molecule has 1 saturated carbocycles. The minimum Gasteiger partial charge on any atom is -0.508 e. The molecule has 1 fully saturated rings. The van der Waals surface area contributed by atoms with Crippen LogP contribution in [0.5, 0.6) is 5.75 Å². The van der Waals surface area contributed by atoms with E-state index in [0.717, 1.165) is 0 Å². The van der Waals surface area contributed by atoms with E-state index in [4.69, 9.17) is 5.11 Å². The summed E-state index contributed by atoms with van der Waals surface area (Å²) in [4.78, 5) is 34.7. The van der Waals surface area contributed by atoms with Crippen molar-refractivity contribution in [3.63, 3.8) is 0 Å². The highest BCUT2D eigenvalue weighted by Gasteiger charge is 2.38. The molecule has 20 heavy (non-hydrogen) atoms. The molecule has 0 spiro atoms. The molecule has 0 radical (unpaired) electrons. The number of benzene rings is 1. The van der Waals surface area contributed by atoms with E-state index in [1.54, 1.807) is 12.1 Å². The Bertz CT molecular complexity index is 570. The Hall–Kier alpha value is -2.27. The first-order chi connectivity index (χ1) is 9.47. The number of phenolic OH excluding ortho intramolecular Hbond substituents is 1. The number of aromatic hydroxyl groups is 1. The summed E-state index contributed by atoms with van der Waals surface area (Å²) < 4.78 is 0. The Morgan fingerprint density at radius 1 is 1.20 bits per heavy atom. The molecular weight excluding hydrogens is 260 g/mol. The molecule has 1 aromatic rings. The number of phenols is 1. The molecule has 2 rings (SSSR count). The minimum atomic E-state index is -1.24. The molecule has 104 valence electrons. The van der Waals surface area contributed by atoms with Crippen LogP contribution in [0.25, 0.3) is 6.08 Å². The molecule has 0 aliphatic heterocycles. The van der Waals surface area contributed by atoms with Crippen LogP contribution in [0.3, 0.4) is 0 Å². The summed E-state index contributed by atoms with van der Waals surface area (Å²) in [6.07, 6.45) is 1.03. The quantitative estimate of drug-likeness (QED) is 0.630. The molecule has 1 aromatic carbocycles. The van der Waals surface area contributed by atoms with Crippen molar-refractivity contribution in [3.05, 3.63) is 35.9 Å². The van der Waals surface area contributed by atoms with Crippen molar-refractivity contribution in [2.75, 3.05) is 0 Å². The second kappa shape index (κ2) is 5.79. The molecule has 2 atom stereocenters. The fraction of sp³-hybridized carbons (Fsp3) is 0.267. The molecule has 0 amide bonds. The summed E-state index contributed by atoms with van der Waals surface area (Å²) in [6.45, 7) is 0. The number of aliphatic hydroxyl groups excluding tert-OH is 1. The van der Waals surface area contributed by atoms with Crippen molar-refractivity contribution in [3.8, 4) is 5.75 Å². The third-order valence-corrected chi connectivity index (χ3v) is 3.18. The summed E-state index contributed by atoms with van der Waals surface area (Å²) >= 11 is 0. The van der Waals surface area contributed by atoms with Crippen LogP contribution in [-0.4, -0.2) is 33.7 Å². The molecule has 5 nitrogen and oxygen atoms in total. The maximum Gasteiger partial charge on any atom is 0.168 e. The lowest BCUT2D eigenvalue weighted by Gasteiger charge is -2.23. The minimum absolute atomic E-state index is 0.116. The van der Waals surface area contributed by atoms with Gasteiger partial charge in [0.1, 0.15) is 17.5 Å². The zero-order valence-electron chi connectivity index (χ0n) is 10.7. The predicted octanol–water partition coefficient (Wildman–Crippen LogP) is 0.884. The molecule has 0 saturated heterocycles. The molecule has 2 N–H and O–H groups in total. The van der Waals surface area contributed by atoms with Crippen LogP contribution >= 0.6 is 0 Å². The van der Waals surface area contributed by atoms with Gasteiger partial charge in [0.15, 0.2) is 11.6 Å². The third-order valence-electron chi connectivity index (χ3n) is 3.18. The maximum atomic E-state index is 11.9. The molecule has 0 aromatic heterocycles. The molecule has 2 unspecified atom stereocenters. The van der Waals surface area contributed by atoms with E-state index in [1.807, 2.05) is 0 Å². The van der Waals surface area contributed by atoms with E-state index in [2.05, 4.69) is 0 Å². The molecule has 0 bridgehead atoms. The van der Waals surface area contributed by atoms with Crippen molar-refractivity contribution in [2.45, 2.75) is 18.9 Å². The first-order valence-electron chi connectivity index (χ1n) is 6.21. The van der Waals surface area contributed by atoms with Crippen LogP contribution in [0.1, 0.15) is 18.4 Å². The van der Waals surface area contributed by atoms with Crippen LogP contribution in [0.4, 0.5) is 0 Å². The average molecular weight is 274 g/mol. The van der Waals surface area contributed by atoms with Crippen LogP contribution in [0.15, 0.2) is 30.3 Å². The summed E-state index contributed by atoms with van der Waals surface area (Å²) in [5.74, 6) is -2.42. The van der Waals surface area contributed by atoms with E-state index >= 15 is 0 Å². The Labute approximate surface area is 115 Å². The number of Topliss-reactive ketones (excluding diaryl/α,β-unsaturated/α-hetero) is 2. The average Bonchev–Trinajstić information content (AvgIpc) is 2.37. The predicted molar refractivity (Wildman–Crippen MR) is 70.9 cm³/mol. The molecule has 1 aliphatic rings. The van der Waals surface area contributed by atoms with Gasteiger partial charge in [-0.2, -0.15) is 0 Å². The van der Waals surface area contributed by atoms with E-state index in [1.165, 1.54) is 24.3 Å². The Morgan fingerprint density at radius 2 is 1.85 bits per heavy atom. The second-order valence-electron chi connectivity index (χ2n) is 4.76. The van der Waals surface area contributed by atoms with Crippen LogP contribution < -0.4 is 0 Å². The largest absolute Gasteiger partial charge is 0.508 e. The number of hydrogen-bond donors (Lipinski definition) is 2. The number of carbonyl (C=O) groups is 3.